The molecule has 128 valence electrons. The van der Waals surface area contributed by atoms with Gasteiger partial charge in [-0.2, -0.15) is 0 Å². The molecule has 0 aliphatic rings. The Labute approximate surface area is 146 Å². The summed E-state index contributed by atoms with van der Waals surface area (Å²) < 4.78 is 0. The number of pyridine rings is 1. The molecular weight excluding hydrogens is 328 g/mol. The molecule has 0 aliphatic carbocycles. The van der Waals surface area contributed by atoms with Crippen LogP contribution in [0.3, 0.4) is 0 Å². The number of halogens is 1. The SMILES string of the molecule is Cc1ccncc1NC(=O)c1nc(Cl)c(N(C)CC(C)C)nc1N. The molecule has 2 aromatic rings. The minimum atomic E-state index is -0.476. The van der Waals surface area contributed by atoms with Gasteiger partial charge in [0.15, 0.2) is 22.5 Å². The third-order valence-electron chi connectivity index (χ3n) is 3.37. The number of aryl methyl sites for hydroxylation is 1. The van der Waals surface area contributed by atoms with Crippen molar-refractivity contribution in [2.75, 3.05) is 29.5 Å². The number of hydrogen-bond acceptors (Lipinski definition) is 6. The molecule has 8 heteroatoms. The van der Waals surface area contributed by atoms with Crippen LogP contribution in [0.1, 0.15) is 29.9 Å². The number of nitrogens with one attached hydrogen (secondary N) is 1. The highest BCUT2D eigenvalue weighted by atomic mass is 35.5. The monoisotopic (exact) mass is 348 g/mol. The van der Waals surface area contributed by atoms with Crippen LogP contribution in [0.15, 0.2) is 18.5 Å². The summed E-state index contributed by atoms with van der Waals surface area (Å²) in [7, 11) is 1.86. The van der Waals surface area contributed by atoms with E-state index in [9.17, 15) is 4.79 Å². The number of carbonyl (C=O) groups excluding carboxylic acids is 1. The predicted octanol–water partition coefficient (Wildman–Crippen LogP) is 2.76. The van der Waals surface area contributed by atoms with Crippen LogP contribution >= 0.6 is 11.6 Å². The number of hydrogen-bond donors (Lipinski definition) is 2. The molecule has 0 fully saturated rings. The second-order valence-electron chi connectivity index (χ2n) is 5.99. The fourth-order valence-electron chi connectivity index (χ4n) is 2.24. The normalized spacial score (nSPS) is 10.8. The van der Waals surface area contributed by atoms with Gasteiger partial charge >= 0.3 is 0 Å². The molecule has 0 unspecified atom stereocenters. The summed E-state index contributed by atoms with van der Waals surface area (Å²) in [6, 6.07) is 1.79. The van der Waals surface area contributed by atoms with Crippen LogP contribution < -0.4 is 16.0 Å². The lowest BCUT2D eigenvalue weighted by molar-refractivity contribution is 0.102. The van der Waals surface area contributed by atoms with Gasteiger partial charge in [-0.25, -0.2) is 9.97 Å². The van der Waals surface area contributed by atoms with Gasteiger partial charge in [0, 0.05) is 19.8 Å². The van der Waals surface area contributed by atoms with Crippen LogP contribution in [0.5, 0.6) is 0 Å². The number of nitrogen functional groups attached to an aromatic ring is 1. The Morgan fingerprint density at radius 3 is 2.75 bits per heavy atom. The van der Waals surface area contributed by atoms with Gasteiger partial charge in [-0.1, -0.05) is 25.4 Å². The standard InChI is InChI=1S/C16H21ClN6O/c1-9(2)8-23(4)15-13(17)21-12(14(18)22-15)16(24)20-11-7-19-6-5-10(11)3/h5-7,9H,8H2,1-4H3,(H2,18,22)(H,20,24). The highest BCUT2D eigenvalue weighted by Crippen LogP contribution is 2.25. The van der Waals surface area contributed by atoms with Crippen LogP contribution in [-0.4, -0.2) is 34.5 Å². The molecule has 0 spiro atoms. The number of rotatable bonds is 5. The zero-order chi connectivity index (χ0) is 17.9. The van der Waals surface area contributed by atoms with Gasteiger partial charge < -0.3 is 16.0 Å². The summed E-state index contributed by atoms with van der Waals surface area (Å²) >= 11 is 6.19. The number of nitrogens with two attached hydrogens (primary N) is 1. The van der Waals surface area contributed by atoms with Crippen molar-refractivity contribution in [3.63, 3.8) is 0 Å². The predicted molar refractivity (Wildman–Crippen MR) is 96.5 cm³/mol. The maximum absolute atomic E-state index is 12.4. The molecule has 0 bridgehead atoms. The summed E-state index contributed by atoms with van der Waals surface area (Å²) in [6.45, 7) is 6.77. The highest BCUT2D eigenvalue weighted by molar-refractivity contribution is 6.32. The molecule has 0 aliphatic heterocycles. The lowest BCUT2D eigenvalue weighted by atomic mass is 10.2. The zero-order valence-corrected chi connectivity index (χ0v) is 14.9. The molecule has 1 amide bonds. The van der Waals surface area contributed by atoms with Gasteiger partial charge in [0.2, 0.25) is 0 Å². The van der Waals surface area contributed by atoms with Crippen LogP contribution in [0.25, 0.3) is 0 Å². The van der Waals surface area contributed by atoms with E-state index in [0.717, 1.165) is 12.1 Å². The number of amides is 1. The number of aromatic nitrogens is 3. The first-order valence-electron chi connectivity index (χ1n) is 7.55. The molecule has 0 aromatic carbocycles. The van der Waals surface area contributed by atoms with E-state index in [-0.39, 0.29) is 16.7 Å². The van der Waals surface area contributed by atoms with E-state index in [1.54, 1.807) is 18.5 Å². The molecule has 0 saturated heterocycles. The minimum absolute atomic E-state index is 0.00931. The summed E-state index contributed by atoms with van der Waals surface area (Å²) in [4.78, 5) is 26.6. The first-order chi connectivity index (χ1) is 11.3. The second kappa shape index (κ2) is 7.44. The van der Waals surface area contributed by atoms with Crippen molar-refractivity contribution >= 4 is 34.8 Å². The summed E-state index contributed by atoms with van der Waals surface area (Å²) in [6.07, 6.45) is 3.21. The Bertz CT molecular complexity index is 749. The van der Waals surface area contributed by atoms with E-state index in [1.807, 2.05) is 18.9 Å². The molecule has 7 nitrogen and oxygen atoms in total. The summed E-state index contributed by atoms with van der Waals surface area (Å²) in [5, 5.41) is 2.86. The van der Waals surface area contributed by atoms with E-state index in [2.05, 4.69) is 34.1 Å². The fraction of sp³-hybridized carbons (Fsp3) is 0.375. The van der Waals surface area contributed by atoms with Crippen molar-refractivity contribution in [2.45, 2.75) is 20.8 Å². The molecular formula is C16H21ClN6O. The Morgan fingerprint density at radius 2 is 2.12 bits per heavy atom. The topological polar surface area (TPSA) is 97.0 Å². The third-order valence-corrected chi connectivity index (χ3v) is 3.62. The maximum Gasteiger partial charge on any atom is 0.278 e. The van der Waals surface area contributed by atoms with E-state index >= 15 is 0 Å². The largest absolute Gasteiger partial charge is 0.382 e. The average Bonchev–Trinajstić information content (AvgIpc) is 2.50. The molecule has 24 heavy (non-hydrogen) atoms. The Kier molecular flexibility index (Phi) is 5.56. The van der Waals surface area contributed by atoms with Crippen molar-refractivity contribution in [3.05, 3.63) is 34.9 Å². The van der Waals surface area contributed by atoms with Crippen molar-refractivity contribution in [2.24, 2.45) is 5.92 Å². The van der Waals surface area contributed by atoms with Gasteiger partial charge in [-0.05, 0) is 24.5 Å². The van der Waals surface area contributed by atoms with E-state index < -0.39 is 5.91 Å². The summed E-state index contributed by atoms with van der Waals surface area (Å²) in [5.74, 6) is 0.433. The minimum Gasteiger partial charge on any atom is -0.382 e. The van der Waals surface area contributed by atoms with E-state index in [0.29, 0.717) is 17.4 Å². The Morgan fingerprint density at radius 1 is 1.42 bits per heavy atom. The average molecular weight is 349 g/mol. The molecule has 3 N–H and O–H groups in total. The number of anilines is 3. The molecule has 2 heterocycles. The van der Waals surface area contributed by atoms with Crippen LogP contribution in [0, 0.1) is 12.8 Å². The quantitative estimate of drug-likeness (QED) is 0.862. The second-order valence-corrected chi connectivity index (χ2v) is 6.35. The molecule has 2 rings (SSSR count). The first kappa shape index (κ1) is 17.9. The van der Waals surface area contributed by atoms with Gasteiger partial charge in [-0.3, -0.25) is 9.78 Å². The molecule has 0 radical (unpaired) electrons. The van der Waals surface area contributed by atoms with Crippen LogP contribution in [-0.2, 0) is 0 Å². The maximum atomic E-state index is 12.4. The van der Waals surface area contributed by atoms with Gasteiger partial charge in [-0.15, -0.1) is 0 Å². The lowest BCUT2D eigenvalue weighted by Crippen LogP contribution is -2.26. The van der Waals surface area contributed by atoms with Crippen molar-refractivity contribution in [1.29, 1.82) is 0 Å². The Balaban J connectivity index is 2.27. The van der Waals surface area contributed by atoms with Crippen molar-refractivity contribution < 1.29 is 4.79 Å². The van der Waals surface area contributed by atoms with E-state index in [1.165, 1.54) is 0 Å². The number of nitrogens with zero attached hydrogens (tertiary/aromatic N) is 4. The van der Waals surface area contributed by atoms with E-state index in [4.69, 9.17) is 17.3 Å². The van der Waals surface area contributed by atoms with Crippen molar-refractivity contribution in [1.82, 2.24) is 15.0 Å². The third kappa shape index (κ3) is 4.11. The van der Waals surface area contributed by atoms with Crippen LogP contribution in [0.2, 0.25) is 5.15 Å². The van der Waals surface area contributed by atoms with Crippen molar-refractivity contribution in [3.8, 4) is 0 Å². The highest BCUT2D eigenvalue weighted by Gasteiger charge is 2.19. The van der Waals surface area contributed by atoms with Gasteiger partial charge in [0.05, 0.1) is 11.9 Å². The lowest BCUT2D eigenvalue weighted by Gasteiger charge is -2.21. The van der Waals surface area contributed by atoms with Gasteiger partial charge in [0.25, 0.3) is 5.91 Å². The van der Waals surface area contributed by atoms with Gasteiger partial charge in [0.1, 0.15) is 0 Å². The molecule has 2 aromatic heterocycles. The zero-order valence-electron chi connectivity index (χ0n) is 14.2. The first-order valence-corrected chi connectivity index (χ1v) is 7.93. The molecule has 0 atom stereocenters. The number of carbonyl (C=O) groups is 1. The fourth-order valence-corrected chi connectivity index (χ4v) is 2.51. The molecule has 0 saturated carbocycles. The van der Waals surface area contributed by atoms with Crippen LogP contribution in [0.4, 0.5) is 17.3 Å². The Hall–Kier alpha value is -2.41. The summed E-state index contributed by atoms with van der Waals surface area (Å²) in [5.41, 5.74) is 7.37. The smallest absolute Gasteiger partial charge is 0.278 e.